The molecule has 172 valence electrons. The van der Waals surface area contributed by atoms with E-state index in [9.17, 15) is 15.0 Å². The predicted octanol–water partition coefficient (Wildman–Crippen LogP) is 4.80. The van der Waals surface area contributed by atoms with Crippen LogP contribution in [0, 0.1) is 40.4 Å². The number of carbonyl (C=O) groups excluding carboxylic acids is 1. The van der Waals surface area contributed by atoms with E-state index in [1.54, 1.807) is 5.57 Å². The number of cyclic esters (lactones) is 1. The summed E-state index contributed by atoms with van der Waals surface area (Å²) in [4.78, 5) is 12.2. The van der Waals surface area contributed by atoms with Gasteiger partial charge in [0, 0.05) is 6.42 Å². The van der Waals surface area contributed by atoms with Crippen molar-refractivity contribution in [2.24, 2.45) is 40.4 Å². The summed E-state index contributed by atoms with van der Waals surface area (Å²) in [6.45, 7) is 7.10. The van der Waals surface area contributed by atoms with Gasteiger partial charge in [-0.05, 0) is 91.8 Å². The van der Waals surface area contributed by atoms with Crippen LogP contribution in [0.2, 0.25) is 0 Å². The maximum Gasteiger partial charge on any atom is 0.336 e. The molecular weight excluding hydrogens is 388 g/mol. The number of hydrogen-bond acceptors (Lipinski definition) is 4. The Kier molecular flexibility index (Phi) is 5.41. The van der Waals surface area contributed by atoms with Gasteiger partial charge in [-0.25, -0.2) is 4.79 Å². The highest BCUT2D eigenvalue weighted by Crippen LogP contribution is 2.67. The summed E-state index contributed by atoms with van der Waals surface area (Å²) in [5, 5.41) is 19.6. The van der Waals surface area contributed by atoms with E-state index in [1.165, 1.54) is 32.1 Å². The molecule has 5 aliphatic rings. The van der Waals surface area contributed by atoms with E-state index in [2.05, 4.69) is 26.8 Å². The van der Waals surface area contributed by atoms with Crippen LogP contribution < -0.4 is 0 Å². The van der Waals surface area contributed by atoms with E-state index in [0.717, 1.165) is 43.4 Å². The molecule has 0 bridgehead atoms. The summed E-state index contributed by atoms with van der Waals surface area (Å²) in [5.41, 5.74) is 2.57. The predicted molar refractivity (Wildman–Crippen MR) is 120 cm³/mol. The van der Waals surface area contributed by atoms with Crippen molar-refractivity contribution in [3.63, 3.8) is 0 Å². The Bertz CT molecular complexity index is 799. The zero-order valence-electron chi connectivity index (χ0n) is 19.5. The number of fused-ring (bicyclic) bond motifs is 5. The minimum Gasteiger partial charge on any atom is -0.458 e. The molecule has 0 aromatic rings. The maximum atomic E-state index is 12.2. The monoisotopic (exact) mass is 428 g/mol. The average Bonchev–Trinajstić information content (AvgIpc) is 3.11. The summed E-state index contributed by atoms with van der Waals surface area (Å²) in [6.07, 6.45) is 14.2. The zero-order chi connectivity index (χ0) is 22.0. The van der Waals surface area contributed by atoms with Gasteiger partial charge in [0.2, 0.25) is 0 Å². The van der Waals surface area contributed by atoms with Crippen molar-refractivity contribution < 1.29 is 19.7 Å². The Labute approximate surface area is 187 Å². The molecule has 0 saturated heterocycles. The van der Waals surface area contributed by atoms with E-state index in [-0.39, 0.29) is 30.2 Å². The number of ether oxygens (including phenoxy) is 1. The van der Waals surface area contributed by atoms with Crippen LogP contribution in [0.4, 0.5) is 0 Å². The first kappa shape index (κ1) is 21.7. The van der Waals surface area contributed by atoms with Gasteiger partial charge in [-0.3, -0.25) is 0 Å². The maximum absolute atomic E-state index is 12.2. The third-order valence-electron chi connectivity index (χ3n) is 10.7. The molecule has 0 spiro atoms. The van der Waals surface area contributed by atoms with Crippen LogP contribution in [-0.2, 0) is 9.53 Å². The molecule has 4 nitrogen and oxygen atoms in total. The number of carbonyl (C=O) groups is 1. The number of hydrogen-bond donors (Lipinski definition) is 2. The average molecular weight is 429 g/mol. The third-order valence-corrected chi connectivity index (χ3v) is 10.7. The van der Waals surface area contributed by atoms with Crippen LogP contribution >= 0.6 is 0 Å². The molecule has 0 amide bonds. The summed E-state index contributed by atoms with van der Waals surface area (Å²) in [5.74, 6) is 2.88. The van der Waals surface area contributed by atoms with Crippen molar-refractivity contribution >= 4 is 5.97 Å². The van der Waals surface area contributed by atoms with Crippen molar-refractivity contribution in [3.05, 3.63) is 23.3 Å². The molecule has 1 aliphatic heterocycles. The molecule has 0 radical (unpaired) electrons. The largest absolute Gasteiger partial charge is 0.458 e. The lowest BCUT2D eigenvalue weighted by Crippen LogP contribution is -2.51. The van der Waals surface area contributed by atoms with Gasteiger partial charge >= 0.3 is 5.97 Å². The Balaban J connectivity index is 1.36. The lowest BCUT2D eigenvalue weighted by Gasteiger charge is -2.58. The van der Waals surface area contributed by atoms with Gasteiger partial charge in [-0.1, -0.05) is 38.5 Å². The van der Waals surface area contributed by atoms with Crippen molar-refractivity contribution in [2.75, 3.05) is 6.61 Å². The standard InChI is InChI=1S/C27H40O4/c1-16(24-9-4-17(15-28)25(30)31-24)21-7-8-22-20-6-5-18-14-19(29)10-12-26(18,2)23(20)11-13-27(21,22)3/h4-5,16,19-24,28-29H,6-15H2,1-3H3/t16-,19-,20-,21?,22?,23?,24+,26-,27+/m0/s1. The van der Waals surface area contributed by atoms with Gasteiger partial charge in [-0.2, -0.15) is 0 Å². The van der Waals surface area contributed by atoms with Crippen molar-refractivity contribution in [1.29, 1.82) is 0 Å². The lowest BCUT2D eigenvalue weighted by atomic mass is 9.47. The minimum absolute atomic E-state index is 0.0590. The second-order valence-electron chi connectivity index (χ2n) is 11.8. The van der Waals surface area contributed by atoms with Crippen LogP contribution in [0.15, 0.2) is 23.3 Å². The van der Waals surface area contributed by atoms with Crippen LogP contribution in [0.1, 0.15) is 78.6 Å². The highest BCUT2D eigenvalue weighted by Gasteiger charge is 2.59. The van der Waals surface area contributed by atoms with E-state index in [1.807, 2.05) is 6.08 Å². The van der Waals surface area contributed by atoms with Crippen LogP contribution in [0.3, 0.4) is 0 Å². The van der Waals surface area contributed by atoms with Crippen molar-refractivity contribution in [2.45, 2.75) is 90.8 Å². The molecule has 5 rings (SSSR count). The van der Waals surface area contributed by atoms with Gasteiger partial charge in [0.15, 0.2) is 0 Å². The molecule has 0 aromatic heterocycles. The second-order valence-corrected chi connectivity index (χ2v) is 11.8. The first-order valence-corrected chi connectivity index (χ1v) is 12.7. The molecule has 0 aromatic carbocycles. The van der Waals surface area contributed by atoms with Crippen molar-refractivity contribution in [1.82, 2.24) is 0 Å². The molecule has 3 fully saturated rings. The van der Waals surface area contributed by atoms with Crippen LogP contribution in [0.5, 0.6) is 0 Å². The highest BCUT2D eigenvalue weighted by molar-refractivity contribution is 5.89. The van der Waals surface area contributed by atoms with E-state index in [0.29, 0.717) is 22.8 Å². The van der Waals surface area contributed by atoms with E-state index in [4.69, 9.17) is 4.74 Å². The Morgan fingerprint density at radius 2 is 1.90 bits per heavy atom. The van der Waals surface area contributed by atoms with Crippen LogP contribution in [0.25, 0.3) is 0 Å². The quantitative estimate of drug-likeness (QED) is 0.501. The molecular formula is C27H40O4. The second kappa shape index (κ2) is 7.73. The zero-order valence-corrected chi connectivity index (χ0v) is 19.5. The summed E-state index contributed by atoms with van der Waals surface area (Å²) >= 11 is 0. The summed E-state index contributed by atoms with van der Waals surface area (Å²) < 4.78 is 5.79. The van der Waals surface area contributed by atoms with Gasteiger partial charge in [-0.15, -0.1) is 0 Å². The van der Waals surface area contributed by atoms with Gasteiger partial charge < -0.3 is 14.9 Å². The summed E-state index contributed by atoms with van der Waals surface area (Å²) in [6, 6.07) is 0. The smallest absolute Gasteiger partial charge is 0.336 e. The molecule has 3 saturated carbocycles. The first-order valence-electron chi connectivity index (χ1n) is 12.7. The van der Waals surface area contributed by atoms with Gasteiger partial charge in [0.25, 0.3) is 0 Å². The first-order chi connectivity index (χ1) is 14.8. The molecule has 1 heterocycles. The molecule has 9 atom stereocenters. The third kappa shape index (κ3) is 3.27. The molecule has 4 heteroatoms. The topological polar surface area (TPSA) is 66.8 Å². The number of aliphatic hydroxyl groups excluding tert-OH is 2. The number of esters is 1. The van der Waals surface area contributed by atoms with Gasteiger partial charge in [0.1, 0.15) is 6.10 Å². The normalized spacial score (nSPS) is 48.0. The Morgan fingerprint density at radius 1 is 1.10 bits per heavy atom. The van der Waals surface area contributed by atoms with E-state index < -0.39 is 0 Å². The molecule has 31 heavy (non-hydrogen) atoms. The van der Waals surface area contributed by atoms with Crippen molar-refractivity contribution in [3.8, 4) is 0 Å². The number of allylic oxidation sites excluding steroid dienone is 1. The lowest BCUT2D eigenvalue weighted by molar-refractivity contribution is -0.151. The Hall–Kier alpha value is -1.13. The van der Waals surface area contributed by atoms with Gasteiger partial charge in [0.05, 0.1) is 18.3 Å². The van der Waals surface area contributed by atoms with Crippen LogP contribution in [-0.4, -0.2) is 35.0 Å². The fourth-order valence-electron chi connectivity index (χ4n) is 8.86. The molecule has 2 N–H and O–H groups in total. The fraction of sp³-hybridized carbons (Fsp3) is 0.815. The number of aliphatic hydroxyl groups is 2. The fourth-order valence-corrected chi connectivity index (χ4v) is 8.86. The van der Waals surface area contributed by atoms with E-state index >= 15 is 0 Å². The number of rotatable bonds is 3. The summed E-state index contributed by atoms with van der Waals surface area (Å²) in [7, 11) is 0. The molecule has 4 aliphatic carbocycles. The SMILES string of the molecule is C[C@@H](C1CCC2[C@@H]3CC=C4C[C@@H](O)CC[C@]4(C)C3CC[C@@]21C)[C@H]1CC=C(CO)C(=O)O1. The molecule has 3 unspecified atom stereocenters. The Morgan fingerprint density at radius 3 is 2.65 bits per heavy atom. The minimum atomic E-state index is -0.327. The highest BCUT2D eigenvalue weighted by atomic mass is 16.5.